The fourth-order valence-corrected chi connectivity index (χ4v) is 3.86. The summed E-state index contributed by atoms with van der Waals surface area (Å²) in [6, 6.07) is 4.91. The quantitative estimate of drug-likeness (QED) is 0.215. The second kappa shape index (κ2) is 9.72. The minimum absolute atomic E-state index is 0.116. The Morgan fingerprint density at radius 1 is 0.917 bits per heavy atom. The molecule has 2 aromatic carbocycles. The molecule has 0 spiro atoms. The Bertz CT molecular complexity index is 1330. The first kappa shape index (κ1) is 25.3. The molecule has 13 nitrogen and oxygen atoms in total. The molecular formula is C23H24O13. The number of benzene rings is 2. The first-order valence-electron chi connectivity index (χ1n) is 10.6. The van der Waals surface area contributed by atoms with Crippen molar-refractivity contribution in [2.24, 2.45) is 0 Å². The van der Waals surface area contributed by atoms with E-state index < -0.39 is 65.7 Å². The lowest BCUT2D eigenvalue weighted by molar-refractivity contribution is -0.277. The highest BCUT2D eigenvalue weighted by Gasteiger charge is 2.45. The van der Waals surface area contributed by atoms with Gasteiger partial charge < -0.3 is 59.1 Å². The Labute approximate surface area is 202 Å². The third kappa shape index (κ3) is 4.12. The summed E-state index contributed by atoms with van der Waals surface area (Å²) >= 11 is 0. The van der Waals surface area contributed by atoms with Crippen molar-refractivity contribution in [1.29, 1.82) is 0 Å². The molecule has 0 bridgehead atoms. The first-order chi connectivity index (χ1) is 17.1. The summed E-state index contributed by atoms with van der Waals surface area (Å²) in [6.45, 7) is -0.706. The van der Waals surface area contributed by atoms with E-state index in [2.05, 4.69) is 0 Å². The van der Waals surface area contributed by atoms with Gasteiger partial charge >= 0.3 is 0 Å². The third-order valence-corrected chi connectivity index (χ3v) is 5.78. The highest BCUT2D eigenvalue weighted by molar-refractivity contribution is 5.91. The predicted octanol–water partition coefficient (Wildman–Crippen LogP) is -0.227. The molecule has 194 valence electrons. The zero-order valence-corrected chi connectivity index (χ0v) is 19.0. The molecule has 4 rings (SSSR count). The molecular weight excluding hydrogens is 484 g/mol. The van der Waals surface area contributed by atoms with E-state index in [1.807, 2.05) is 0 Å². The molecule has 7 N–H and O–H groups in total. The molecule has 36 heavy (non-hydrogen) atoms. The Kier molecular flexibility index (Phi) is 6.84. The van der Waals surface area contributed by atoms with Crippen LogP contribution in [-0.4, -0.2) is 87.3 Å². The van der Waals surface area contributed by atoms with Crippen LogP contribution in [0.4, 0.5) is 0 Å². The molecule has 1 aromatic heterocycles. The fraction of sp³-hybridized carbons (Fsp3) is 0.348. The van der Waals surface area contributed by atoms with Crippen molar-refractivity contribution in [2.75, 3.05) is 20.8 Å². The summed E-state index contributed by atoms with van der Waals surface area (Å²) in [4.78, 5) is 13.3. The standard InChI is InChI=1S/C23H24O13/c1-32-12-6-11-14(16(28)21(12)36-23-19(31)18(30)15(27)13(7-24)35-23)17(29)22(33-2)20(34-11)8-3-4-9(25)10(26)5-8/h3-6,13,15,18-19,23-28,30-31H,7H2,1-2H3/t13-,15-,18+,19-,23+/m1/s1. The van der Waals surface area contributed by atoms with Crippen molar-refractivity contribution in [3.63, 3.8) is 0 Å². The third-order valence-electron chi connectivity index (χ3n) is 5.78. The number of ether oxygens (including phenoxy) is 4. The van der Waals surface area contributed by atoms with Gasteiger partial charge in [-0.3, -0.25) is 4.79 Å². The van der Waals surface area contributed by atoms with E-state index >= 15 is 0 Å². The first-order valence-corrected chi connectivity index (χ1v) is 10.6. The molecule has 0 aliphatic carbocycles. The van der Waals surface area contributed by atoms with Crippen LogP contribution in [-0.2, 0) is 4.74 Å². The van der Waals surface area contributed by atoms with Gasteiger partial charge in [0.25, 0.3) is 0 Å². The van der Waals surface area contributed by atoms with E-state index in [1.54, 1.807) is 0 Å². The Balaban J connectivity index is 1.86. The van der Waals surface area contributed by atoms with Crippen molar-refractivity contribution in [2.45, 2.75) is 30.7 Å². The second-order valence-electron chi connectivity index (χ2n) is 7.94. The average Bonchev–Trinajstić information content (AvgIpc) is 2.86. The van der Waals surface area contributed by atoms with Crippen molar-refractivity contribution in [3.05, 3.63) is 34.5 Å². The minimum atomic E-state index is -1.79. The lowest BCUT2D eigenvalue weighted by atomic mass is 9.99. The Hall–Kier alpha value is -3.75. The summed E-state index contributed by atoms with van der Waals surface area (Å²) in [5.41, 5.74) is -0.819. The highest BCUT2D eigenvalue weighted by atomic mass is 16.7. The van der Waals surface area contributed by atoms with Gasteiger partial charge in [-0.05, 0) is 18.2 Å². The van der Waals surface area contributed by atoms with Crippen LogP contribution < -0.4 is 19.6 Å². The number of aromatic hydroxyl groups is 3. The lowest BCUT2D eigenvalue weighted by Gasteiger charge is -2.39. The molecule has 1 fully saturated rings. The number of hydrogen-bond donors (Lipinski definition) is 7. The average molecular weight is 508 g/mol. The maximum atomic E-state index is 13.3. The number of aliphatic hydroxyl groups is 4. The summed E-state index contributed by atoms with van der Waals surface area (Å²) in [7, 11) is 2.41. The predicted molar refractivity (Wildman–Crippen MR) is 120 cm³/mol. The largest absolute Gasteiger partial charge is 0.504 e. The van der Waals surface area contributed by atoms with Crippen LogP contribution in [0.2, 0.25) is 0 Å². The van der Waals surface area contributed by atoms with Gasteiger partial charge in [-0.25, -0.2) is 0 Å². The zero-order chi connectivity index (χ0) is 26.3. The van der Waals surface area contributed by atoms with E-state index in [9.17, 15) is 40.5 Å². The topological polar surface area (TPSA) is 209 Å². The number of methoxy groups -OCH3 is 2. The molecule has 3 aromatic rings. The number of aliphatic hydroxyl groups excluding tert-OH is 4. The fourth-order valence-electron chi connectivity index (χ4n) is 3.86. The molecule has 0 saturated carbocycles. The van der Waals surface area contributed by atoms with Crippen LogP contribution in [0, 0.1) is 0 Å². The van der Waals surface area contributed by atoms with Crippen molar-refractivity contribution in [3.8, 4) is 45.8 Å². The van der Waals surface area contributed by atoms with Crippen LogP contribution in [0.3, 0.4) is 0 Å². The van der Waals surface area contributed by atoms with Gasteiger partial charge in [0.05, 0.1) is 20.8 Å². The maximum absolute atomic E-state index is 13.3. The molecule has 5 atom stereocenters. The summed E-state index contributed by atoms with van der Waals surface area (Å²) < 4.78 is 27.1. The van der Waals surface area contributed by atoms with Crippen molar-refractivity contribution in [1.82, 2.24) is 0 Å². The van der Waals surface area contributed by atoms with E-state index in [1.165, 1.54) is 32.4 Å². The molecule has 0 unspecified atom stereocenters. The number of phenols is 3. The molecule has 0 amide bonds. The van der Waals surface area contributed by atoms with Crippen LogP contribution in [0.1, 0.15) is 0 Å². The number of fused-ring (bicyclic) bond motifs is 1. The summed E-state index contributed by atoms with van der Waals surface area (Å²) in [6.07, 6.45) is -8.13. The van der Waals surface area contributed by atoms with Crippen LogP contribution in [0.25, 0.3) is 22.3 Å². The van der Waals surface area contributed by atoms with Gasteiger partial charge in [0.2, 0.25) is 23.2 Å². The van der Waals surface area contributed by atoms with Gasteiger partial charge in [-0.1, -0.05) is 0 Å². The van der Waals surface area contributed by atoms with Crippen molar-refractivity contribution >= 4 is 11.0 Å². The van der Waals surface area contributed by atoms with E-state index in [0.29, 0.717) is 0 Å². The number of phenolic OH excluding ortho intramolecular Hbond substituents is 3. The van der Waals surface area contributed by atoms with Gasteiger partial charge in [0.15, 0.2) is 28.8 Å². The van der Waals surface area contributed by atoms with Gasteiger partial charge in [0.1, 0.15) is 35.4 Å². The van der Waals surface area contributed by atoms with E-state index in [0.717, 1.165) is 6.07 Å². The van der Waals surface area contributed by atoms with Crippen molar-refractivity contribution < 1.29 is 59.1 Å². The lowest BCUT2D eigenvalue weighted by Crippen LogP contribution is -2.60. The zero-order valence-electron chi connectivity index (χ0n) is 19.0. The molecule has 13 heteroatoms. The van der Waals surface area contributed by atoms with Gasteiger partial charge in [-0.2, -0.15) is 0 Å². The van der Waals surface area contributed by atoms with Crippen LogP contribution in [0.15, 0.2) is 33.5 Å². The monoisotopic (exact) mass is 508 g/mol. The molecule has 1 aliphatic heterocycles. The van der Waals surface area contributed by atoms with Gasteiger partial charge in [-0.15, -0.1) is 0 Å². The smallest absolute Gasteiger partial charge is 0.239 e. The minimum Gasteiger partial charge on any atom is -0.504 e. The Morgan fingerprint density at radius 3 is 2.25 bits per heavy atom. The SMILES string of the molecule is COc1cc2oc(-c3ccc(O)c(O)c3)c(OC)c(=O)c2c(O)c1O[C@@H]1O[C@H](CO)[C@@H](O)[C@H](O)[C@H]1O. The van der Waals surface area contributed by atoms with Gasteiger partial charge in [0, 0.05) is 11.6 Å². The second-order valence-corrected chi connectivity index (χ2v) is 7.94. The Morgan fingerprint density at radius 2 is 1.64 bits per heavy atom. The summed E-state index contributed by atoms with van der Waals surface area (Å²) in [5.74, 6) is -2.71. The summed E-state index contributed by atoms with van der Waals surface area (Å²) in [5, 5.41) is 69.7. The maximum Gasteiger partial charge on any atom is 0.239 e. The van der Waals surface area contributed by atoms with E-state index in [4.69, 9.17) is 23.4 Å². The molecule has 1 aliphatic rings. The molecule has 2 heterocycles. The van der Waals surface area contributed by atoms with E-state index in [-0.39, 0.29) is 33.8 Å². The molecule has 1 saturated heterocycles. The number of hydrogen-bond acceptors (Lipinski definition) is 13. The molecule has 0 radical (unpaired) electrons. The number of rotatable bonds is 6. The highest BCUT2D eigenvalue weighted by Crippen LogP contribution is 2.45. The van der Waals surface area contributed by atoms with Crippen LogP contribution in [0.5, 0.6) is 34.5 Å². The normalized spacial score (nSPS) is 24.0. The van der Waals surface area contributed by atoms with Crippen LogP contribution >= 0.6 is 0 Å².